The third-order valence-corrected chi connectivity index (χ3v) is 4.59. The minimum Gasteiger partial charge on any atom is -0.457 e. The van der Waals surface area contributed by atoms with Gasteiger partial charge in [0.15, 0.2) is 5.57 Å². The molecule has 1 heterocycles. The van der Waals surface area contributed by atoms with Crippen LogP contribution in [0.3, 0.4) is 0 Å². The molecule has 2 aromatic rings. The van der Waals surface area contributed by atoms with Gasteiger partial charge < -0.3 is 19.5 Å². The van der Waals surface area contributed by atoms with Crippen LogP contribution in [-0.4, -0.2) is 22.6 Å². The molecule has 1 aliphatic heterocycles. The summed E-state index contributed by atoms with van der Waals surface area (Å²) in [6, 6.07) is 7.91. The lowest BCUT2D eigenvalue weighted by atomic mass is 10.1. The molecule has 0 aromatic heterocycles. The first kappa shape index (κ1) is 21.8. The molecule has 0 aliphatic carbocycles. The van der Waals surface area contributed by atoms with Gasteiger partial charge in [0.2, 0.25) is 0 Å². The summed E-state index contributed by atoms with van der Waals surface area (Å²) in [6.07, 6.45) is 1.09. The van der Waals surface area contributed by atoms with E-state index in [1.807, 2.05) is 32.9 Å². The summed E-state index contributed by atoms with van der Waals surface area (Å²) in [4.78, 5) is 34.9. The molecule has 0 atom stereocenters. The van der Waals surface area contributed by atoms with Crippen LogP contribution in [0.1, 0.15) is 30.5 Å². The standard InChI is InChI=1S/C22H22N2O7/c1-12-6-13(2)14(3)19(7-12)29-17-9-15(8-16(10-17)24(27)28)23-11-18-20(25)30-22(4,5)31-21(18)26/h6-11,23H,1-5H3. The van der Waals surface area contributed by atoms with Crippen LogP contribution in [0.4, 0.5) is 11.4 Å². The molecule has 1 fully saturated rings. The molecule has 0 radical (unpaired) electrons. The average molecular weight is 426 g/mol. The third-order valence-electron chi connectivity index (χ3n) is 4.59. The molecule has 31 heavy (non-hydrogen) atoms. The van der Waals surface area contributed by atoms with Crippen LogP contribution < -0.4 is 10.1 Å². The Hall–Kier alpha value is -3.88. The predicted molar refractivity (Wildman–Crippen MR) is 112 cm³/mol. The Kier molecular flexibility index (Phi) is 5.70. The number of ether oxygens (including phenoxy) is 3. The van der Waals surface area contributed by atoms with E-state index in [-0.39, 0.29) is 22.7 Å². The van der Waals surface area contributed by atoms with Gasteiger partial charge in [0.05, 0.1) is 11.0 Å². The fraction of sp³-hybridized carbons (Fsp3) is 0.273. The highest BCUT2D eigenvalue weighted by atomic mass is 16.7. The Bertz CT molecular complexity index is 1100. The van der Waals surface area contributed by atoms with Gasteiger partial charge in [-0.1, -0.05) is 6.07 Å². The van der Waals surface area contributed by atoms with Gasteiger partial charge in [-0.15, -0.1) is 0 Å². The Labute approximate surface area is 178 Å². The number of esters is 2. The summed E-state index contributed by atoms with van der Waals surface area (Å²) < 4.78 is 16.0. The van der Waals surface area contributed by atoms with Gasteiger partial charge in [-0.25, -0.2) is 9.59 Å². The van der Waals surface area contributed by atoms with Gasteiger partial charge >= 0.3 is 11.9 Å². The lowest BCUT2D eigenvalue weighted by Gasteiger charge is -2.29. The van der Waals surface area contributed by atoms with E-state index in [1.165, 1.54) is 32.0 Å². The number of cyclic esters (lactones) is 2. The summed E-state index contributed by atoms with van der Waals surface area (Å²) in [5.74, 6) is -2.29. The number of nitrogens with zero attached hydrogens (tertiary/aromatic N) is 1. The quantitative estimate of drug-likeness (QED) is 0.245. The number of aryl methyl sites for hydroxylation is 2. The van der Waals surface area contributed by atoms with Crippen LogP contribution in [0, 0.1) is 30.9 Å². The SMILES string of the molecule is Cc1cc(C)c(C)c(Oc2cc(NC=C3C(=O)OC(C)(C)OC3=O)cc([N+](=O)[O-])c2)c1. The van der Waals surface area contributed by atoms with Crippen molar-refractivity contribution in [3.8, 4) is 11.5 Å². The average Bonchev–Trinajstić information content (AvgIpc) is 2.64. The van der Waals surface area contributed by atoms with E-state index in [4.69, 9.17) is 14.2 Å². The van der Waals surface area contributed by atoms with Crippen molar-refractivity contribution in [2.75, 3.05) is 5.32 Å². The minimum absolute atomic E-state index is 0.220. The molecule has 1 N–H and O–H groups in total. The van der Waals surface area contributed by atoms with Crippen molar-refractivity contribution < 1.29 is 28.7 Å². The van der Waals surface area contributed by atoms with Crippen LogP contribution in [-0.2, 0) is 19.1 Å². The van der Waals surface area contributed by atoms with E-state index in [1.54, 1.807) is 0 Å². The summed E-state index contributed by atoms with van der Waals surface area (Å²) in [6.45, 7) is 8.64. The van der Waals surface area contributed by atoms with Crippen molar-refractivity contribution in [1.82, 2.24) is 0 Å². The molecule has 0 unspecified atom stereocenters. The van der Waals surface area contributed by atoms with E-state index >= 15 is 0 Å². The fourth-order valence-electron chi connectivity index (χ4n) is 3.00. The van der Waals surface area contributed by atoms with E-state index in [0.717, 1.165) is 22.9 Å². The zero-order valence-corrected chi connectivity index (χ0v) is 17.8. The lowest BCUT2D eigenvalue weighted by Crippen LogP contribution is -2.42. The number of hydrogen-bond donors (Lipinski definition) is 1. The molecular weight excluding hydrogens is 404 g/mol. The largest absolute Gasteiger partial charge is 0.457 e. The summed E-state index contributed by atoms with van der Waals surface area (Å²) in [5, 5.41) is 14.1. The highest BCUT2D eigenvalue weighted by molar-refractivity contribution is 6.15. The fourth-order valence-corrected chi connectivity index (χ4v) is 3.00. The maximum Gasteiger partial charge on any atom is 0.350 e. The first-order valence-electron chi connectivity index (χ1n) is 9.44. The Balaban J connectivity index is 1.92. The highest BCUT2D eigenvalue weighted by Crippen LogP contribution is 2.33. The predicted octanol–water partition coefficient (Wildman–Crippen LogP) is 4.44. The Morgan fingerprint density at radius 2 is 1.68 bits per heavy atom. The number of carbonyl (C=O) groups excluding carboxylic acids is 2. The topological polar surface area (TPSA) is 117 Å². The zero-order valence-electron chi connectivity index (χ0n) is 17.8. The van der Waals surface area contributed by atoms with Crippen molar-refractivity contribution in [3.05, 3.63) is 68.9 Å². The minimum atomic E-state index is -1.36. The van der Waals surface area contributed by atoms with Crippen LogP contribution in [0.15, 0.2) is 42.1 Å². The molecular formula is C22H22N2O7. The third kappa shape index (κ3) is 5.00. The second-order valence-corrected chi connectivity index (χ2v) is 7.66. The van der Waals surface area contributed by atoms with Gasteiger partial charge in [0.25, 0.3) is 11.5 Å². The number of hydrogen-bond acceptors (Lipinski definition) is 8. The first-order chi connectivity index (χ1) is 14.4. The maximum absolute atomic E-state index is 12.1. The first-order valence-corrected chi connectivity index (χ1v) is 9.44. The number of rotatable bonds is 5. The molecule has 3 rings (SSSR count). The summed E-state index contributed by atoms with van der Waals surface area (Å²) in [5.41, 5.74) is 2.58. The number of nitro benzene ring substituents is 1. The second-order valence-electron chi connectivity index (χ2n) is 7.66. The molecule has 0 amide bonds. The van der Waals surface area contributed by atoms with E-state index in [0.29, 0.717) is 5.75 Å². The summed E-state index contributed by atoms with van der Waals surface area (Å²) in [7, 11) is 0. The van der Waals surface area contributed by atoms with Crippen LogP contribution in [0.2, 0.25) is 0 Å². The second kappa shape index (κ2) is 8.10. The van der Waals surface area contributed by atoms with Gasteiger partial charge in [-0.3, -0.25) is 10.1 Å². The number of nitro groups is 1. The lowest BCUT2D eigenvalue weighted by molar-refractivity contribution is -0.384. The Morgan fingerprint density at radius 3 is 2.29 bits per heavy atom. The van der Waals surface area contributed by atoms with Gasteiger partial charge in [0, 0.05) is 37.9 Å². The highest BCUT2D eigenvalue weighted by Gasteiger charge is 2.39. The molecule has 9 heteroatoms. The maximum atomic E-state index is 12.1. The van der Waals surface area contributed by atoms with Gasteiger partial charge in [0.1, 0.15) is 11.5 Å². The van der Waals surface area contributed by atoms with E-state index in [9.17, 15) is 19.7 Å². The molecule has 0 saturated carbocycles. The van der Waals surface area contributed by atoms with Crippen molar-refractivity contribution in [2.24, 2.45) is 0 Å². The number of benzene rings is 2. The van der Waals surface area contributed by atoms with Crippen LogP contribution in [0.5, 0.6) is 11.5 Å². The van der Waals surface area contributed by atoms with Gasteiger partial charge in [-0.2, -0.15) is 0 Å². The van der Waals surface area contributed by atoms with Crippen LogP contribution in [0.25, 0.3) is 0 Å². The number of anilines is 1. The Morgan fingerprint density at radius 1 is 1.03 bits per heavy atom. The van der Waals surface area contributed by atoms with Gasteiger partial charge in [-0.05, 0) is 43.5 Å². The molecule has 2 aromatic carbocycles. The van der Waals surface area contributed by atoms with Crippen LogP contribution >= 0.6 is 0 Å². The van der Waals surface area contributed by atoms with Crippen molar-refractivity contribution in [1.29, 1.82) is 0 Å². The van der Waals surface area contributed by atoms with Crippen molar-refractivity contribution in [3.63, 3.8) is 0 Å². The smallest absolute Gasteiger partial charge is 0.350 e. The molecule has 0 spiro atoms. The molecule has 0 bridgehead atoms. The van der Waals surface area contributed by atoms with Crippen molar-refractivity contribution >= 4 is 23.3 Å². The summed E-state index contributed by atoms with van der Waals surface area (Å²) >= 11 is 0. The molecule has 1 saturated heterocycles. The number of nitrogens with one attached hydrogen (secondary N) is 1. The number of non-ortho nitro benzene ring substituents is 1. The van der Waals surface area contributed by atoms with Crippen molar-refractivity contribution in [2.45, 2.75) is 40.4 Å². The molecule has 9 nitrogen and oxygen atoms in total. The monoisotopic (exact) mass is 426 g/mol. The van der Waals surface area contributed by atoms with E-state index < -0.39 is 22.6 Å². The van der Waals surface area contributed by atoms with E-state index in [2.05, 4.69) is 5.32 Å². The molecule has 1 aliphatic rings. The molecule has 162 valence electrons. The zero-order chi connectivity index (χ0) is 22.9. The number of carbonyl (C=O) groups is 2. The normalized spacial score (nSPS) is 15.1.